The van der Waals surface area contributed by atoms with E-state index in [-0.39, 0.29) is 25.2 Å². The summed E-state index contributed by atoms with van der Waals surface area (Å²) in [6.07, 6.45) is 2.77. The van der Waals surface area contributed by atoms with Gasteiger partial charge in [-0.05, 0) is 36.8 Å². The second kappa shape index (κ2) is 12.5. The predicted octanol–water partition coefficient (Wildman–Crippen LogP) is 0.00440. The molecular weight excluding hydrogens is 492 g/mol. The number of aromatic nitrogens is 1. The normalized spacial score (nSPS) is 17.7. The molecule has 38 heavy (non-hydrogen) atoms. The second-order valence-electron chi connectivity index (χ2n) is 9.99. The first-order chi connectivity index (χ1) is 18.0. The van der Waals surface area contributed by atoms with Gasteiger partial charge >= 0.3 is 5.97 Å². The number of rotatable bonds is 12. The van der Waals surface area contributed by atoms with E-state index in [2.05, 4.69) is 15.6 Å². The van der Waals surface area contributed by atoms with E-state index in [9.17, 15) is 29.1 Å². The highest BCUT2D eigenvalue weighted by Gasteiger charge is 2.38. The van der Waals surface area contributed by atoms with Crippen molar-refractivity contribution in [3.8, 4) is 0 Å². The molecule has 2 heterocycles. The molecule has 12 nitrogen and oxygen atoms in total. The highest BCUT2D eigenvalue weighted by molar-refractivity contribution is 5.95. The summed E-state index contributed by atoms with van der Waals surface area (Å²) >= 11 is 0. The lowest BCUT2D eigenvalue weighted by atomic mass is 10.0. The number of aliphatic carboxylic acids is 1. The van der Waals surface area contributed by atoms with Crippen LogP contribution in [0.25, 0.3) is 10.9 Å². The SMILES string of the molecule is CC(C)C(NC(=O)C1CCCN1C(=O)C(N)CCC(N)=O)C(=O)NC(Cc1c[nH]c2ccccc12)C(=O)O. The monoisotopic (exact) mass is 528 g/mol. The molecule has 1 fully saturated rings. The van der Waals surface area contributed by atoms with Crippen molar-refractivity contribution in [2.24, 2.45) is 17.4 Å². The number of H-pyrrole nitrogens is 1. The number of primary amides is 1. The smallest absolute Gasteiger partial charge is 0.326 e. The number of carbonyl (C=O) groups is 5. The standard InChI is InChI=1S/C26H36N6O6/c1-14(2)22(31-23(34)20-8-5-11-32(20)25(36)17(27)9-10-21(28)33)24(35)30-19(26(37)38)12-15-13-29-18-7-4-3-6-16(15)18/h3-4,6-7,13-14,17,19-20,22,29H,5,8-12,27H2,1-2H3,(H2,28,33)(H,30,35)(H,31,34)(H,37,38). The number of amides is 4. The Morgan fingerprint density at radius 1 is 1.16 bits per heavy atom. The molecule has 1 aliphatic heterocycles. The van der Waals surface area contributed by atoms with Crippen molar-refractivity contribution >= 4 is 40.5 Å². The topological polar surface area (TPSA) is 201 Å². The summed E-state index contributed by atoms with van der Waals surface area (Å²) in [4.78, 5) is 66.7. The molecule has 4 unspecified atom stereocenters. The van der Waals surface area contributed by atoms with Crippen molar-refractivity contribution < 1.29 is 29.1 Å². The minimum Gasteiger partial charge on any atom is -0.480 e. The van der Waals surface area contributed by atoms with Crippen molar-refractivity contribution in [3.63, 3.8) is 0 Å². The number of benzene rings is 1. The van der Waals surface area contributed by atoms with E-state index in [1.165, 1.54) is 4.90 Å². The number of aromatic amines is 1. The maximum Gasteiger partial charge on any atom is 0.326 e. The Labute approximate surface area is 220 Å². The molecule has 0 bridgehead atoms. The van der Waals surface area contributed by atoms with Gasteiger partial charge in [-0.15, -0.1) is 0 Å². The molecule has 0 aliphatic carbocycles. The first-order valence-electron chi connectivity index (χ1n) is 12.7. The van der Waals surface area contributed by atoms with E-state index in [4.69, 9.17) is 11.5 Å². The van der Waals surface area contributed by atoms with E-state index >= 15 is 0 Å². The number of para-hydroxylation sites is 1. The number of hydrogen-bond acceptors (Lipinski definition) is 6. The third-order valence-corrected chi connectivity index (χ3v) is 6.82. The Kier molecular flexibility index (Phi) is 9.45. The van der Waals surface area contributed by atoms with E-state index in [0.717, 1.165) is 16.5 Å². The molecule has 0 radical (unpaired) electrons. The fourth-order valence-electron chi connectivity index (χ4n) is 4.70. The number of carboxylic acids is 1. The van der Waals surface area contributed by atoms with Gasteiger partial charge in [-0.25, -0.2) is 4.79 Å². The van der Waals surface area contributed by atoms with Crippen LogP contribution in [0.3, 0.4) is 0 Å². The Bertz CT molecular complexity index is 1190. The molecule has 8 N–H and O–H groups in total. The maximum absolute atomic E-state index is 13.2. The van der Waals surface area contributed by atoms with E-state index < -0.39 is 53.8 Å². The molecule has 4 atom stereocenters. The first kappa shape index (κ1) is 28.6. The molecule has 206 valence electrons. The molecule has 0 saturated carbocycles. The molecule has 4 amide bonds. The van der Waals surface area contributed by atoms with Gasteiger partial charge in [-0.3, -0.25) is 19.2 Å². The molecule has 0 spiro atoms. The molecule has 1 aromatic carbocycles. The van der Waals surface area contributed by atoms with Crippen molar-refractivity contribution in [3.05, 3.63) is 36.0 Å². The van der Waals surface area contributed by atoms with Crippen LogP contribution in [-0.2, 0) is 30.4 Å². The zero-order chi connectivity index (χ0) is 28.0. The lowest BCUT2D eigenvalue weighted by molar-refractivity contribution is -0.143. The van der Waals surface area contributed by atoms with Crippen LogP contribution in [0, 0.1) is 5.92 Å². The highest BCUT2D eigenvalue weighted by atomic mass is 16.4. The summed E-state index contributed by atoms with van der Waals surface area (Å²) in [7, 11) is 0. The number of fused-ring (bicyclic) bond motifs is 1. The van der Waals surface area contributed by atoms with Gasteiger partial charge in [0.1, 0.15) is 18.1 Å². The van der Waals surface area contributed by atoms with Crippen molar-refractivity contribution in [2.75, 3.05) is 6.54 Å². The molecular formula is C26H36N6O6. The summed E-state index contributed by atoms with van der Waals surface area (Å²) < 4.78 is 0. The van der Waals surface area contributed by atoms with Crippen LogP contribution < -0.4 is 22.1 Å². The van der Waals surface area contributed by atoms with Crippen LogP contribution >= 0.6 is 0 Å². The fraction of sp³-hybridized carbons (Fsp3) is 0.500. The van der Waals surface area contributed by atoms with E-state index in [1.807, 2.05) is 24.3 Å². The average molecular weight is 529 g/mol. The Morgan fingerprint density at radius 2 is 1.87 bits per heavy atom. The number of carboxylic acid groups (broad SMARTS) is 1. The van der Waals surface area contributed by atoms with Gasteiger partial charge in [0, 0.05) is 36.5 Å². The number of carbonyl (C=O) groups excluding carboxylic acids is 4. The maximum atomic E-state index is 13.2. The number of hydrogen-bond donors (Lipinski definition) is 6. The summed E-state index contributed by atoms with van der Waals surface area (Å²) in [6.45, 7) is 3.79. The molecule has 1 aromatic heterocycles. The van der Waals surface area contributed by atoms with Gasteiger partial charge in [0.25, 0.3) is 0 Å². The Balaban J connectivity index is 1.67. The third kappa shape index (κ3) is 6.88. The Hall–Kier alpha value is -3.93. The molecule has 1 saturated heterocycles. The van der Waals surface area contributed by atoms with Gasteiger partial charge in [-0.2, -0.15) is 0 Å². The van der Waals surface area contributed by atoms with Crippen LogP contribution in [0.4, 0.5) is 0 Å². The zero-order valence-electron chi connectivity index (χ0n) is 21.6. The van der Waals surface area contributed by atoms with Crippen molar-refractivity contribution in [2.45, 2.75) is 70.1 Å². The quantitative estimate of drug-likeness (QED) is 0.222. The van der Waals surface area contributed by atoms with E-state index in [1.54, 1.807) is 20.0 Å². The van der Waals surface area contributed by atoms with Crippen LogP contribution in [0.1, 0.15) is 45.1 Å². The number of nitrogens with two attached hydrogens (primary N) is 2. The number of nitrogens with zero attached hydrogens (tertiary/aromatic N) is 1. The zero-order valence-corrected chi connectivity index (χ0v) is 21.6. The molecule has 1 aliphatic rings. The van der Waals surface area contributed by atoms with Gasteiger partial charge in [-0.1, -0.05) is 32.0 Å². The van der Waals surface area contributed by atoms with Gasteiger partial charge < -0.3 is 37.1 Å². The minimum absolute atomic E-state index is 0.0451. The fourth-order valence-corrected chi connectivity index (χ4v) is 4.70. The average Bonchev–Trinajstić information content (AvgIpc) is 3.52. The summed E-state index contributed by atoms with van der Waals surface area (Å²) in [5.41, 5.74) is 12.7. The predicted molar refractivity (Wildman–Crippen MR) is 139 cm³/mol. The molecule has 3 rings (SSSR count). The van der Waals surface area contributed by atoms with Crippen molar-refractivity contribution in [1.82, 2.24) is 20.5 Å². The highest BCUT2D eigenvalue weighted by Crippen LogP contribution is 2.21. The lowest BCUT2D eigenvalue weighted by Gasteiger charge is -2.29. The van der Waals surface area contributed by atoms with Crippen LogP contribution in [0.15, 0.2) is 30.5 Å². The summed E-state index contributed by atoms with van der Waals surface area (Å²) in [5, 5.41) is 15.9. The van der Waals surface area contributed by atoms with Crippen LogP contribution in [0.5, 0.6) is 0 Å². The number of likely N-dealkylation sites (tertiary alicyclic amines) is 1. The van der Waals surface area contributed by atoms with Crippen molar-refractivity contribution in [1.29, 1.82) is 0 Å². The number of nitrogens with one attached hydrogen (secondary N) is 3. The van der Waals surface area contributed by atoms with Gasteiger partial charge in [0.05, 0.1) is 6.04 Å². The molecule has 2 aromatic rings. The third-order valence-electron chi connectivity index (χ3n) is 6.82. The van der Waals surface area contributed by atoms with Gasteiger partial charge in [0.2, 0.25) is 23.6 Å². The van der Waals surface area contributed by atoms with Crippen LogP contribution in [-0.4, -0.2) is 75.3 Å². The molecule has 12 heteroatoms. The lowest BCUT2D eigenvalue weighted by Crippen LogP contribution is -2.58. The Morgan fingerprint density at radius 3 is 2.53 bits per heavy atom. The van der Waals surface area contributed by atoms with E-state index in [0.29, 0.717) is 19.4 Å². The summed E-state index contributed by atoms with van der Waals surface area (Å²) in [5.74, 6) is -3.73. The largest absolute Gasteiger partial charge is 0.480 e. The van der Waals surface area contributed by atoms with Gasteiger partial charge in [0.15, 0.2) is 0 Å². The summed E-state index contributed by atoms with van der Waals surface area (Å²) in [6, 6.07) is 3.43. The first-order valence-corrected chi connectivity index (χ1v) is 12.7. The second-order valence-corrected chi connectivity index (χ2v) is 9.99. The van der Waals surface area contributed by atoms with Crippen LogP contribution in [0.2, 0.25) is 0 Å². The minimum atomic E-state index is -1.22.